The van der Waals surface area contributed by atoms with Crippen molar-refractivity contribution in [3.63, 3.8) is 0 Å². The summed E-state index contributed by atoms with van der Waals surface area (Å²) in [6.07, 6.45) is 1.74. The third-order valence-electron chi connectivity index (χ3n) is 6.82. The Hall–Kier alpha value is -3.87. The maximum atomic E-state index is 13.9. The zero-order valence-corrected chi connectivity index (χ0v) is 27.3. The maximum Gasteiger partial charge on any atom is 0.338 e. The Morgan fingerprint density at radius 1 is 1.12 bits per heavy atom. The van der Waals surface area contributed by atoms with Gasteiger partial charge in [-0.2, -0.15) is 0 Å². The number of aromatic nitrogens is 1. The van der Waals surface area contributed by atoms with E-state index in [1.165, 1.54) is 22.0 Å². The minimum Gasteiger partial charge on any atom is -0.488 e. The first-order valence-corrected chi connectivity index (χ1v) is 15.6. The first kappa shape index (κ1) is 30.6. The summed E-state index contributed by atoms with van der Waals surface area (Å²) in [6.45, 7) is 5.50. The van der Waals surface area contributed by atoms with E-state index < -0.39 is 16.9 Å². The molecular weight excluding hydrogens is 702 g/mol. The van der Waals surface area contributed by atoms with E-state index in [2.05, 4.69) is 36.9 Å². The molecule has 0 fully saturated rings. The standard InChI is InChI=1S/C31H25Br2N3O6S/c1-4-41-30(38)27-18(3)34-31-35(28(27)21-9-5-17(2)24(15-21)36(39)40)29(37)26(43-31)14-20-8-12-25(23(33)13-20)42-16-19-6-10-22(32)11-7-19/h5-15,28H,4,16H2,1-3H3/b26-14+/t28-/m0/s1. The number of hydrogen-bond acceptors (Lipinski definition) is 8. The Labute approximate surface area is 267 Å². The lowest BCUT2D eigenvalue weighted by molar-refractivity contribution is -0.385. The van der Waals surface area contributed by atoms with Crippen molar-refractivity contribution in [2.75, 3.05) is 6.61 Å². The number of aryl methyl sites for hydroxylation is 1. The van der Waals surface area contributed by atoms with Crippen LogP contribution in [0.15, 0.2) is 90.7 Å². The Morgan fingerprint density at radius 2 is 1.86 bits per heavy atom. The molecule has 0 radical (unpaired) electrons. The van der Waals surface area contributed by atoms with Crippen LogP contribution in [0, 0.1) is 17.0 Å². The van der Waals surface area contributed by atoms with Crippen LogP contribution < -0.4 is 19.6 Å². The number of nitro groups is 1. The molecule has 4 aromatic rings. The molecule has 0 amide bonds. The minimum atomic E-state index is -0.946. The van der Waals surface area contributed by atoms with Crippen LogP contribution in [0.3, 0.4) is 0 Å². The third kappa shape index (κ3) is 6.41. The predicted molar refractivity (Wildman–Crippen MR) is 171 cm³/mol. The first-order valence-electron chi connectivity index (χ1n) is 13.2. The summed E-state index contributed by atoms with van der Waals surface area (Å²) >= 11 is 8.17. The molecule has 0 spiro atoms. The molecule has 220 valence electrons. The molecule has 1 aromatic heterocycles. The van der Waals surface area contributed by atoms with E-state index in [0.29, 0.717) is 38.5 Å². The van der Waals surface area contributed by atoms with Gasteiger partial charge in [-0.25, -0.2) is 9.79 Å². The van der Waals surface area contributed by atoms with Gasteiger partial charge in [0.25, 0.3) is 11.2 Å². The quantitative estimate of drug-likeness (QED) is 0.123. The van der Waals surface area contributed by atoms with Crippen molar-refractivity contribution in [1.29, 1.82) is 0 Å². The van der Waals surface area contributed by atoms with Crippen LogP contribution >= 0.6 is 43.2 Å². The second-order valence-electron chi connectivity index (χ2n) is 9.71. The molecule has 0 aliphatic carbocycles. The number of carbonyl (C=O) groups is 1. The first-order chi connectivity index (χ1) is 20.6. The molecule has 12 heteroatoms. The summed E-state index contributed by atoms with van der Waals surface area (Å²) < 4.78 is 14.8. The van der Waals surface area contributed by atoms with Crippen molar-refractivity contribution in [3.05, 3.63) is 133 Å². The van der Waals surface area contributed by atoms with E-state index in [1.807, 2.05) is 42.5 Å². The molecule has 0 bridgehead atoms. The van der Waals surface area contributed by atoms with E-state index in [1.54, 1.807) is 39.0 Å². The SMILES string of the molecule is CCOC(=O)C1=C(C)N=c2s/c(=C/c3ccc(OCc4ccc(Br)cc4)c(Br)c3)c(=O)n2[C@H]1c1ccc(C)c([N+](=O)[O-])c1. The van der Waals surface area contributed by atoms with E-state index in [4.69, 9.17) is 9.47 Å². The van der Waals surface area contributed by atoms with Gasteiger partial charge in [-0.3, -0.25) is 19.5 Å². The number of nitrogens with zero attached hydrogens (tertiary/aromatic N) is 3. The molecule has 1 aliphatic heterocycles. The summed E-state index contributed by atoms with van der Waals surface area (Å²) in [6, 6.07) is 17.1. The van der Waals surface area contributed by atoms with Gasteiger partial charge in [-0.05, 0) is 83.7 Å². The number of rotatable bonds is 8. The molecule has 0 saturated carbocycles. The highest BCUT2D eigenvalue weighted by atomic mass is 79.9. The lowest BCUT2D eigenvalue weighted by atomic mass is 9.94. The Morgan fingerprint density at radius 3 is 2.53 bits per heavy atom. The van der Waals surface area contributed by atoms with Crippen LogP contribution in [0.5, 0.6) is 5.75 Å². The van der Waals surface area contributed by atoms with Crippen molar-refractivity contribution >= 4 is 60.9 Å². The Bertz CT molecular complexity index is 1960. The number of thiazole rings is 1. The molecule has 0 saturated heterocycles. The summed E-state index contributed by atoms with van der Waals surface area (Å²) in [4.78, 5) is 43.2. The average molecular weight is 727 g/mol. The van der Waals surface area contributed by atoms with Crippen LogP contribution in [0.4, 0.5) is 5.69 Å². The fourth-order valence-electron chi connectivity index (χ4n) is 4.72. The van der Waals surface area contributed by atoms with Gasteiger partial charge < -0.3 is 9.47 Å². The molecule has 0 N–H and O–H groups in total. The van der Waals surface area contributed by atoms with Crippen molar-refractivity contribution in [2.45, 2.75) is 33.4 Å². The molecule has 3 aromatic carbocycles. The van der Waals surface area contributed by atoms with E-state index in [0.717, 1.165) is 20.1 Å². The van der Waals surface area contributed by atoms with E-state index in [9.17, 15) is 19.7 Å². The Kier molecular flexibility index (Phi) is 9.09. The highest BCUT2D eigenvalue weighted by Crippen LogP contribution is 2.33. The maximum absolute atomic E-state index is 13.9. The van der Waals surface area contributed by atoms with Crippen molar-refractivity contribution in [3.8, 4) is 5.75 Å². The fraction of sp³-hybridized carbons (Fsp3) is 0.194. The average Bonchev–Trinajstić information content (AvgIpc) is 3.26. The van der Waals surface area contributed by atoms with Gasteiger partial charge in [-0.1, -0.05) is 57.6 Å². The van der Waals surface area contributed by atoms with Gasteiger partial charge in [0.15, 0.2) is 4.80 Å². The van der Waals surface area contributed by atoms with Crippen LogP contribution in [0.2, 0.25) is 0 Å². The monoisotopic (exact) mass is 725 g/mol. The molecular formula is C31H25Br2N3O6S. The summed E-state index contributed by atoms with van der Waals surface area (Å²) in [5, 5.41) is 11.7. The van der Waals surface area contributed by atoms with Crippen LogP contribution in [0.25, 0.3) is 6.08 Å². The van der Waals surface area contributed by atoms with E-state index in [-0.39, 0.29) is 23.4 Å². The molecule has 5 rings (SSSR count). The summed E-state index contributed by atoms with van der Waals surface area (Å²) in [7, 11) is 0. The fourth-order valence-corrected chi connectivity index (χ4v) is 6.54. The number of nitro benzene ring substituents is 1. The van der Waals surface area contributed by atoms with Gasteiger partial charge in [0.05, 0.1) is 37.8 Å². The van der Waals surface area contributed by atoms with Gasteiger partial charge in [0.1, 0.15) is 12.4 Å². The van der Waals surface area contributed by atoms with Crippen LogP contribution in [-0.4, -0.2) is 22.1 Å². The van der Waals surface area contributed by atoms with Gasteiger partial charge >= 0.3 is 5.97 Å². The second kappa shape index (κ2) is 12.8. The Balaban J connectivity index is 1.56. The van der Waals surface area contributed by atoms with Gasteiger partial charge in [0.2, 0.25) is 0 Å². The third-order valence-corrected chi connectivity index (χ3v) is 8.96. The normalized spacial score (nSPS) is 14.7. The number of fused-ring (bicyclic) bond motifs is 1. The number of esters is 1. The van der Waals surface area contributed by atoms with Crippen LogP contribution in [-0.2, 0) is 16.1 Å². The smallest absolute Gasteiger partial charge is 0.338 e. The van der Waals surface area contributed by atoms with Crippen molar-refractivity contribution in [2.24, 2.45) is 4.99 Å². The molecule has 1 atom stereocenters. The van der Waals surface area contributed by atoms with E-state index >= 15 is 0 Å². The molecule has 1 aliphatic rings. The van der Waals surface area contributed by atoms with Crippen molar-refractivity contribution in [1.82, 2.24) is 4.57 Å². The van der Waals surface area contributed by atoms with Crippen molar-refractivity contribution < 1.29 is 19.2 Å². The summed E-state index contributed by atoms with van der Waals surface area (Å²) in [5.41, 5.74) is 2.71. The van der Waals surface area contributed by atoms with Gasteiger partial charge in [-0.15, -0.1) is 0 Å². The molecule has 43 heavy (non-hydrogen) atoms. The topological polar surface area (TPSA) is 113 Å². The largest absolute Gasteiger partial charge is 0.488 e. The predicted octanol–water partition coefficient (Wildman–Crippen LogP) is 6.12. The molecule has 9 nitrogen and oxygen atoms in total. The number of carbonyl (C=O) groups excluding carboxylic acids is 1. The molecule has 0 unspecified atom stereocenters. The highest BCUT2D eigenvalue weighted by molar-refractivity contribution is 9.10. The lowest BCUT2D eigenvalue weighted by Gasteiger charge is -2.24. The lowest BCUT2D eigenvalue weighted by Crippen LogP contribution is -2.40. The minimum absolute atomic E-state index is 0.107. The zero-order valence-electron chi connectivity index (χ0n) is 23.3. The molecule has 2 heterocycles. The number of ether oxygens (including phenoxy) is 2. The number of halogens is 2. The summed E-state index contributed by atoms with van der Waals surface area (Å²) in [5.74, 6) is 0.0195. The zero-order chi connectivity index (χ0) is 30.8. The van der Waals surface area contributed by atoms with Gasteiger partial charge in [0, 0.05) is 16.1 Å². The second-order valence-corrected chi connectivity index (χ2v) is 12.5. The number of allylic oxidation sites excluding steroid dienone is 1. The van der Waals surface area contributed by atoms with Crippen LogP contribution in [0.1, 0.15) is 42.1 Å². The highest BCUT2D eigenvalue weighted by Gasteiger charge is 2.34. The number of benzene rings is 3. The number of hydrogen-bond donors (Lipinski definition) is 0.